The highest BCUT2D eigenvalue weighted by Crippen LogP contribution is 2.43. The van der Waals surface area contributed by atoms with E-state index in [2.05, 4.69) is 9.47 Å². The second kappa shape index (κ2) is 6.86. The molecule has 3 rings (SSSR count). The summed E-state index contributed by atoms with van der Waals surface area (Å²) in [5, 5.41) is 2.59. The second-order valence-corrected chi connectivity index (χ2v) is 5.44. The van der Waals surface area contributed by atoms with Gasteiger partial charge in [-0.05, 0) is 18.2 Å². The first-order chi connectivity index (χ1) is 12.0. The van der Waals surface area contributed by atoms with Crippen LogP contribution in [0.1, 0.15) is 0 Å². The van der Waals surface area contributed by atoms with Gasteiger partial charge in [0.25, 0.3) is 0 Å². The summed E-state index contributed by atoms with van der Waals surface area (Å²) in [6, 6.07) is 12.0. The van der Waals surface area contributed by atoms with Crippen LogP contribution in [0.5, 0.6) is 11.5 Å². The third kappa shape index (κ3) is 3.16. The predicted molar refractivity (Wildman–Crippen MR) is 92.5 cm³/mol. The smallest absolute Gasteiger partial charge is 0.437 e. The van der Waals surface area contributed by atoms with Crippen LogP contribution in [-0.2, 0) is 9.47 Å². The number of ether oxygens (including phenoxy) is 4. The average molecular weight is 361 g/mol. The van der Waals surface area contributed by atoms with Crippen molar-refractivity contribution in [1.82, 2.24) is 0 Å². The van der Waals surface area contributed by atoms with Gasteiger partial charge in [0.05, 0.1) is 14.2 Å². The van der Waals surface area contributed by atoms with Gasteiger partial charge in [0.1, 0.15) is 5.75 Å². The Morgan fingerprint density at radius 3 is 1.76 bits per heavy atom. The molecule has 0 saturated carbocycles. The first kappa shape index (κ1) is 16.9. The number of carbonyl (C=O) groups is 2. The van der Waals surface area contributed by atoms with Crippen LogP contribution in [0.15, 0.2) is 42.5 Å². The summed E-state index contributed by atoms with van der Waals surface area (Å²) >= 11 is 6.09. The highest BCUT2D eigenvalue weighted by Gasteiger charge is 2.20. The van der Waals surface area contributed by atoms with Crippen LogP contribution in [0.25, 0.3) is 21.5 Å². The molecule has 25 heavy (non-hydrogen) atoms. The fraction of sp³-hybridized carbons (Fsp3) is 0.111. The number of rotatable bonds is 2. The lowest BCUT2D eigenvalue weighted by Crippen LogP contribution is -2.10. The predicted octanol–water partition coefficient (Wildman–Crippen LogP) is 4.94. The molecule has 0 amide bonds. The van der Waals surface area contributed by atoms with Crippen molar-refractivity contribution in [3.63, 3.8) is 0 Å². The Bertz CT molecular complexity index is 982. The molecule has 0 fully saturated rings. The summed E-state index contributed by atoms with van der Waals surface area (Å²) in [6.45, 7) is 0. The molecule has 0 N–H and O–H groups in total. The third-order valence-electron chi connectivity index (χ3n) is 3.59. The Morgan fingerprint density at radius 2 is 1.24 bits per heavy atom. The maximum atomic E-state index is 11.7. The molecule has 3 aromatic carbocycles. The Morgan fingerprint density at radius 1 is 0.760 bits per heavy atom. The Labute approximate surface area is 147 Å². The van der Waals surface area contributed by atoms with Crippen molar-refractivity contribution in [3.05, 3.63) is 47.5 Å². The van der Waals surface area contributed by atoms with Crippen molar-refractivity contribution in [2.75, 3.05) is 14.2 Å². The molecule has 0 aliphatic carbocycles. The van der Waals surface area contributed by atoms with Gasteiger partial charge in [0.15, 0.2) is 5.75 Å². The quantitative estimate of drug-likeness (QED) is 0.366. The van der Waals surface area contributed by atoms with E-state index >= 15 is 0 Å². The minimum Gasteiger partial charge on any atom is -0.437 e. The van der Waals surface area contributed by atoms with E-state index in [1.54, 1.807) is 42.5 Å². The number of carbonyl (C=O) groups excluding carboxylic acids is 2. The Kier molecular flexibility index (Phi) is 4.63. The van der Waals surface area contributed by atoms with Crippen molar-refractivity contribution < 1.29 is 28.5 Å². The van der Waals surface area contributed by atoms with Crippen LogP contribution in [0, 0.1) is 0 Å². The molecule has 0 aliphatic heterocycles. The third-order valence-corrected chi connectivity index (χ3v) is 3.83. The van der Waals surface area contributed by atoms with Gasteiger partial charge in [0.2, 0.25) is 0 Å². The van der Waals surface area contributed by atoms with E-state index in [4.69, 9.17) is 21.1 Å². The lowest BCUT2D eigenvalue weighted by molar-refractivity contribution is 0.120. The van der Waals surface area contributed by atoms with Crippen molar-refractivity contribution in [2.45, 2.75) is 0 Å². The van der Waals surface area contributed by atoms with Crippen molar-refractivity contribution >= 4 is 45.5 Å². The Hall–Kier alpha value is -2.99. The number of hydrogen-bond acceptors (Lipinski definition) is 6. The van der Waals surface area contributed by atoms with Crippen molar-refractivity contribution in [2.24, 2.45) is 0 Å². The standard InChI is InChI=1S/C18H13ClO6/c1-22-17(20)24-15-11-5-3-4-6-12(11)16(25-18(21)23-2)14-9-10(19)7-8-13(14)15/h3-9H,1-2H3. The van der Waals surface area contributed by atoms with Crippen molar-refractivity contribution in [3.8, 4) is 11.5 Å². The van der Waals surface area contributed by atoms with Gasteiger partial charge in [-0.1, -0.05) is 35.9 Å². The molecule has 0 aromatic heterocycles. The van der Waals surface area contributed by atoms with Crippen LogP contribution < -0.4 is 9.47 Å². The molecule has 0 heterocycles. The average Bonchev–Trinajstić information content (AvgIpc) is 2.63. The zero-order valence-electron chi connectivity index (χ0n) is 13.4. The molecule has 6 nitrogen and oxygen atoms in total. The van der Waals surface area contributed by atoms with E-state index in [1.807, 2.05) is 0 Å². The SMILES string of the molecule is COC(=O)Oc1c2ccccc2c(OC(=O)OC)c2cc(Cl)ccc12. The first-order valence-electron chi connectivity index (χ1n) is 7.20. The normalized spacial score (nSPS) is 10.5. The van der Waals surface area contributed by atoms with Gasteiger partial charge in [-0.25, -0.2) is 9.59 Å². The molecule has 0 radical (unpaired) electrons. The zero-order chi connectivity index (χ0) is 18.0. The number of fused-ring (bicyclic) bond motifs is 2. The molecule has 0 atom stereocenters. The fourth-order valence-corrected chi connectivity index (χ4v) is 2.71. The molecule has 3 aromatic rings. The lowest BCUT2D eigenvalue weighted by atomic mass is 10.0. The molecule has 0 saturated heterocycles. The highest BCUT2D eigenvalue weighted by molar-refractivity contribution is 6.31. The number of hydrogen-bond donors (Lipinski definition) is 0. The summed E-state index contributed by atoms with van der Waals surface area (Å²) in [5.74, 6) is 0.545. The molecular formula is C18H13ClO6. The van der Waals surface area contributed by atoms with Gasteiger partial charge in [-0.2, -0.15) is 0 Å². The van der Waals surface area contributed by atoms with Gasteiger partial charge in [-0.3, -0.25) is 0 Å². The summed E-state index contributed by atoms with van der Waals surface area (Å²) in [6.07, 6.45) is -1.73. The summed E-state index contributed by atoms with van der Waals surface area (Å²) in [7, 11) is 2.44. The van der Waals surface area contributed by atoms with E-state index in [-0.39, 0.29) is 11.5 Å². The van der Waals surface area contributed by atoms with E-state index in [1.165, 1.54) is 14.2 Å². The van der Waals surface area contributed by atoms with Crippen LogP contribution in [-0.4, -0.2) is 26.5 Å². The molecule has 0 aliphatic rings. The minimum absolute atomic E-state index is 0.261. The van der Waals surface area contributed by atoms with Crippen LogP contribution in [0.4, 0.5) is 9.59 Å². The maximum absolute atomic E-state index is 11.7. The first-order valence-corrected chi connectivity index (χ1v) is 7.58. The van der Waals surface area contributed by atoms with E-state index in [0.717, 1.165) is 0 Å². The van der Waals surface area contributed by atoms with Crippen LogP contribution in [0.3, 0.4) is 0 Å². The summed E-state index contributed by atoms with van der Waals surface area (Å²) in [5.41, 5.74) is 0. The van der Waals surface area contributed by atoms with Crippen molar-refractivity contribution in [1.29, 1.82) is 0 Å². The summed E-state index contributed by atoms with van der Waals surface area (Å²) in [4.78, 5) is 23.3. The topological polar surface area (TPSA) is 71.1 Å². The Balaban J connectivity index is 2.40. The number of methoxy groups -OCH3 is 2. The van der Waals surface area contributed by atoms with Crippen LogP contribution >= 0.6 is 11.6 Å². The molecule has 7 heteroatoms. The molecule has 128 valence electrons. The highest BCUT2D eigenvalue weighted by atomic mass is 35.5. The molecule has 0 bridgehead atoms. The number of halogens is 1. The van der Waals surface area contributed by atoms with Crippen LogP contribution in [0.2, 0.25) is 5.02 Å². The number of benzene rings is 3. The van der Waals surface area contributed by atoms with Gasteiger partial charge in [-0.15, -0.1) is 0 Å². The largest absolute Gasteiger partial charge is 0.513 e. The molecule has 0 unspecified atom stereocenters. The van der Waals surface area contributed by atoms with Gasteiger partial charge >= 0.3 is 12.3 Å². The zero-order valence-corrected chi connectivity index (χ0v) is 14.1. The van der Waals surface area contributed by atoms with E-state index < -0.39 is 12.3 Å². The van der Waals surface area contributed by atoms with E-state index in [0.29, 0.717) is 26.6 Å². The van der Waals surface area contributed by atoms with E-state index in [9.17, 15) is 9.59 Å². The summed E-state index contributed by atoms with van der Waals surface area (Å²) < 4.78 is 19.9. The fourth-order valence-electron chi connectivity index (χ4n) is 2.54. The monoisotopic (exact) mass is 360 g/mol. The molecule has 0 spiro atoms. The van der Waals surface area contributed by atoms with Gasteiger partial charge < -0.3 is 18.9 Å². The minimum atomic E-state index is -0.868. The lowest BCUT2D eigenvalue weighted by Gasteiger charge is -2.15. The van der Waals surface area contributed by atoms with Gasteiger partial charge in [0, 0.05) is 26.6 Å². The molecular weight excluding hydrogens is 348 g/mol. The maximum Gasteiger partial charge on any atom is 0.513 e. The second-order valence-electron chi connectivity index (χ2n) is 5.01.